The molecule has 2 rings (SSSR count). The molecule has 0 spiro atoms. The van der Waals surface area contributed by atoms with Crippen LogP contribution in [-0.2, 0) is 16.1 Å². The highest BCUT2D eigenvalue weighted by molar-refractivity contribution is 5.69. The number of nitrogens with zero attached hydrogens (tertiary/aromatic N) is 2. The Labute approximate surface area is 97.6 Å². The van der Waals surface area contributed by atoms with Gasteiger partial charge in [0.2, 0.25) is 0 Å². The van der Waals surface area contributed by atoms with Gasteiger partial charge in [-0.2, -0.15) is 5.10 Å². The van der Waals surface area contributed by atoms with Gasteiger partial charge in [0.15, 0.2) is 0 Å². The molecule has 0 aliphatic heterocycles. The minimum atomic E-state index is -2.60. The molecule has 0 atom stereocenters. The summed E-state index contributed by atoms with van der Waals surface area (Å²) in [5.74, 6) is -0.178. The first-order valence-corrected chi connectivity index (χ1v) is 5.63. The van der Waals surface area contributed by atoms with Crippen LogP contribution >= 0.6 is 0 Å². The van der Waals surface area contributed by atoms with E-state index >= 15 is 0 Å². The quantitative estimate of drug-likeness (QED) is 0.746. The molecular weight excluding hydrogens is 230 g/mol. The first-order chi connectivity index (χ1) is 8.11. The van der Waals surface area contributed by atoms with E-state index in [1.807, 2.05) is 0 Å². The molecule has 0 saturated heterocycles. The molecule has 1 saturated carbocycles. The molecule has 0 radical (unpaired) electrons. The van der Waals surface area contributed by atoms with Crippen LogP contribution in [0.2, 0.25) is 0 Å². The maximum Gasteiger partial charge on any atom is 0.327 e. The number of rotatable bonds is 5. The zero-order chi connectivity index (χ0) is 12.4. The summed E-state index contributed by atoms with van der Waals surface area (Å²) in [4.78, 5) is 11.3. The van der Waals surface area contributed by atoms with Crippen LogP contribution in [0.5, 0.6) is 0 Å². The lowest BCUT2D eigenvalue weighted by Gasteiger charge is -2.05. The minimum absolute atomic E-state index is 0.0909. The van der Waals surface area contributed by atoms with E-state index in [1.165, 1.54) is 10.7 Å². The van der Waals surface area contributed by atoms with E-state index in [4.69, 9.17) is 4.74 Å². The average Bonchev–Trinajstić information content (AvgIpc) is 3.01. The van der Waals surface area contributed by atoms with E-state index in [0.29, 0.717) is 5.69 Å². The summed E-state index contributed by atoms with van der Waals surface area (Å²) in [6.07, 6.45) is -0.662. The minimum Gasteiger partial charge on any atom is -0.465 e. The van der Waals surface area contributed by atoms with E-state index in [9.17, 15) is 13.6 Å². The second-order valence-corrected chi connectivity index (χ2v) is 4.03. The molecule has 0 aromatic carbocycles. The Kier molecular flexibility index (Phi) is 3.40. The normalized spacial score (nSPS) is 15.3. The number of hydrogen-bond donors (Lipinski definition) is 0. The van der Waals surface area contributed by atoms with Crippen LogP contribution < -0.4 is 0 Å². The van der Waals surface area contributed by atoms with Crippen molar-refractivity contribution in [2.75, 3.05) is 6.61 Å². The van der Waals surface area contributed by atoms with Gasteiger partial charge in [0.25, 0.3) is 6.43 Å². The van der Waals surface area contributed by atoms with Crippen molar-refractivity contribution in [3.63, 3.8) is 0 Å². The van der Waals surface area contributed by atoms with Crippen molar-refractivity contribution >= 4 is 5.97 Å². The van der Waals surface area contributed by atoms with E-state index in [0.717, 1.165) is 12.8 Å². The van der Waals surface area contributed by atoms with E-state index < -0.39 is 12.4 Å². The lowest BCUT2D eigenvalue weighted by Crippen LogP contribution is -2.16. The fraction of sp³-hybridized carbons (Fsp3) is 0.636. The van der Waals surface area contributed by atoms with Crippen molar-refractivity contribution in [3.8, 4) is 0 Å². The van der Waals surface area contributed by atoms with Crippen molar-refractivity contribution in [2.24, 2.45) is 0 Å². The molecule has 1 aromatic heterocycles. The summed E-state index contributed by atoms with van der Waals surface area (Å²) in [6, 6.07) is 1.39. The summed E-state index contributed by atoms with van der Waals surface area (Å²) in [7, 11) is 0. The van der Waals surface area contributed by atoms with Gasteiger partial charge in [-0.15, -0.1) is 0 Å². The number of esters is 1. The highest BCUT2D eigenvalue weighted by Gasteiger charge is 2.30. The van der Waals surface area contributed by atoms with Crippen LogP contribution in [0, 0.1) is 0 Å². The molecule has 1 aliphatic rings. The number of hydrogen-bond acceptors (Lipinski definition) is 3. The molecule has 94 valence electrons. The highest BCUT2D eigenvalue weighted by Crippen LogP contribution is 2.41. The van der Waals surface area contributed by atoms with Gasteiger partial charge in [-0.05, 0) is 25.8 Å². The first-order valence-electron chi connectivity index (χ1n) is 5.63. The van der Waals surface area contributed by atoms with Crippen molar-refractivity contribution in [1.82, 2.24) is 9.78 Å². The first kappa shape index (κ1) is 12.0. The molecule has 0 amide bonds. The smallest absolute Gasteiger partial charge is 0.327 e. The van der Waals surface area contributed by atoms with Gasteiger partial charge < -0.3 is 4.74 Å². The number of alkyl halides is 2. The molecule has 0 bridgehead atoms. The molecule has 4 nitrogen and oxygen atoms in total. The molecule has 17 heavy (non-hydrogen) atoms. The Morgan fingerprint density at radius 2 is 2.35 bits per heavy atom. The van der Waals surface area contributed by atoms with Crippen LogP contribution in [-0.4, -0.2) is 22.4 Å². The Morgan fingerprint density at radius 1 is 1.65 bits per heavy atom. The summed E-state index contributed by atoms with van der Waals surface area (Å²) < 4.78 is 31.2. The third-order valence-corrected chi connectivity index (χ3v) is 2.63. The van der Waals surface area contributed by atoms with Crippen LogP contribution in [0.3, 0.4) is 0 Å². The van der Waals surface area contributed by atoms with Crippen molar-refractivity contribution in [3.05, 3.63) is 17.5 Å². The van der Waals surface area contributed by atoms with Gasteiger partial charge in [-0.25, -0.2) is 8.78 Å². The van der Waals surface area contributed by atoms with Crippen LogP contribution in [0.15, 0.2) is 6.07 Å². The van der Waals surface area contributed by atoms with Gasteiger partial charge in [-0.1, -0.05) is 0 Å². The molecule has 1 aromatic rings. The zero-order valence-corrected chi connectivity index (χ0v) is 9.53. The largest absolute Gasteiger partial charge is 0.465 e. The van der Waals surface area contributed by atoms with Crippen molar-refractivity contribution in [1.29, 1.82) is 0 Å². The van der Waals surface area contributed by atoms with Gasteiger partial charge in [-0.3, -0.25) is 9.48 Å². The van der Waals surface area contributed by atoms with Gasteiger partial charge >= 0.3 is 5.97 Å². The van der Waals surface area contributed by atoms with Crippen molar-refractivity contribution < 1.29 is 18.3 Å². The lowest BCUT2D eigenvalue weighted by molar-refractivity contribution is -0.144. The van der Waals surface area contributed by atoms with Gasteiger partial charge in [0, 0.05) is 11.6 Å². The second kappa shape index (κ2) is 4.81. The van der Waals surface area contributed by atoms with E-state index in [1.54, 1.807) is 6.92 Å². The SMILES string of the molecule is CCOC(=O)Cn1nc(C(F)F)cc1C1CC1. The molecular formula is C11H14F2N2O2. The second-order valence-electron chi connectivity index (χ2n) is 4.03. The monoisotopic (exact) mass is 244 g/mol. The maximum atomic E-state index is 12.5. The number of aromatic nitrogens is 2. The summed E-state index contributed by atoms with van der Waals surface area (Å²) in [6.45, 7) is 1.89. The zero-order valence-electron chi connectivity index (χ0n) is 9.53. The Balaban J connectivity index is 2.16. The molecule has 1 heterocycles. The Hall–Kier alpha value is -1.46. The summed E-state index contributed by atoms with van der Waals surface area (Å²) >= 11 is 0. The number of carbonyl (C=O) groups excluding carboxylic acids is 1. The number of halogens is 2. The summed E-state index contributed by atoms with van der Waals surface area (Å²) in [5, 5.41) is 3.76. The molecule has 0 unspecified atom stereocenters. The molecule has 0 N–H and O–H groups in total. The predicted molar refractivity (Wildman–Crippen MR) is 55.8 cm³/mol. The topological polar surface area (TPSA) is 44.1 Å². The third kappa shape index (κ3) is 2.81. The fourth-order valence-corrected chi connectivity index (χ4v) is 1.72. The standard InChI is InChI=1S/C11H14F2N2O2/c1-2-17-10(16)6-15-9(7-3-4-7)5-8(14-15)11(12)13/h5,7,11H,2-4,6H2,1H3. The van der Waals surface area contributed by atoms with Crippen LogP contribution in [0.25, 0.3) is 0 Å². The lowest BCUT2D eigenvalue weighted by atomic mass is 10.2. The number of ether oxygens (including phenoxy) is 1. The van der Waals surface area contributed by atoms with E-state index in [2.05, 4.69) is 5.10 Å². The molecule has 1 fully saturated rings. The number of carbonyl (C=O) groups is 1. The van der Waals surface area contributed by atoms with Crippen LogP contribution in [0.1, 0.15) is 43.5 Å². The highest BCUT2D eigenvalue weighted by atomic mass is 19.3. The van der Waals surface area contributed by atoms with Gasteiger partial charge in [0.05, 0.1) is 6.61 Å². The average molecular weight is 244 g/mol. The van der Waals surface area contributed by atoms with Crippen LogP contribution in [0.4, 0.5) is 8.78 Å². The Morgan fingerprint density at radius 3 is 2.88 bits per heavy atom. The maximum absolute atomic E-state index is 12.5. The third-order valence-electron chi connectivity index (χ3n) is 2.63. The molecule has 1 aliphatic carbocycles. The Bertz CT molecular complexity index is 414. The van der Waals surface area contributed by atoms with Gasteiger partial charge in [0.1, 0.15) is 12.2 Å². The summed E-state index contributed by atoms with van der Waals surface area (Å²) in [5.41, 5.74) is 0.449. The van der Waals surface area contributed by atoms with Crippen molar-refractivity contribution in [2.45, 2.75) is 38.7 Å². The van der Waals surface area contributed by atoms with E-state index in [-0.39, 0.29) is 24.8 Å². The predicted octanol–water partition coefficient (Wildman–Crippen LogP) is 2.26. The molecule has 6 heteroatoms. The fourth-order valence-electron chi connectivity index (χ4n) is 1.72.